The lowest BCUT2D eigenvalue weighted by Gasteiger charge is -2.32. The SMILES string of the molecule is N=C1N(C2CCCCC2)CCN1S(=O)(=O)c1ccc(CCN)cc1. The van der Waals surface area contributed by atoms with Gasteiger partial charge in [0.25, 0.3) is 10.0 Å². The Kier molecular flexibility index (Phi) is 5.10. The van der Waals surface area contributed by atoms with Gasteiger partial charge in [-0.25, -0.2) is 12.7 Å². The fourth-order valence-corrected chi connectivity index (χ4v) is 5.05. The van der Waals surface area contributed by atoms with Crippen molar-refractivity contribution in [3.63, 3.8) is 0 Å². The molecule has 1 aromatic carbocycles. The molecule has 3 N–H and O–H groups in total. The second-order valence-electron chi connectivity index (χ2n) is 6.57. The molecule has 24 heavy (non-hydrogen) atoms. The highest BCUT2D eigenvalue weighted by atomic mass is 32.2. The summed E-state index contributed by atoms with van der Waals surface area (Å²) in [5.41, 5.74) is 6.55. The van der Waals surface area contributed by atoms with E-state index in [1.807, 2.05) is 4.90 Å². The number of benzene rings is 1. The molecule has 6 nitrogen and oxygen atoms in total. The molecule has 1 saturated heterocycles. The smallest absolute Gasteiger partial charge is 0.266 e. The van der Waals surface area contributed by atoms with Gasteiger partial charge in [-0.3, -0.25) is 5.41 Å². The number of rotatable bonds is 5. The van der Waals surface area contributed by atoms with Crippen LogP contribution in [0.15, 0.2) is 29.2 Å². The Morgan fingerprint density at radius 1 is 1.08 bits per heavy atom. The Morgan fingerprint density at radius 2 is 1.75 bits per heavy atom. The first-order valence-corrected chi connectivity index (χ1v) is 10.1. The third-order valence-electron chi connectivity index (χ3n) is 5.01. The molecule has 0 bridgehead atoms. The molecule has 0 radical (unpaired) electrons. The normalized spacial score (nSPS) is 20.0. The molecular weight excluding hydrogens is 324 g/mol. The molecule has 2 aliphatic rings. The molecule has 0 unspecified atom stereocenters. The molecule has 132 valence electrons. The lowest BCUT2D eigenvalue weighted by atomic mass is 9.94. The predicted octanol–water partition coefficient (Wildman–Crippen LogP) is 1.76. The molecule has 1 heterocycles. The maximum atomic E-state index is 12.9. The van der Waals surface area contributed by atoms with Gasteiger partial charge in [0.2, 0.25) is 5.96 Å². The fourth-order valence-electron chi connectivity index (χ4n) is 3.66. The summed E-state index contributed by atoms with van der Waals surface area (Å²) in [6, 6.07) is 7.17. The zero-order valence-electron chi connectivity index (χ0n) is 13.9. The van der Waals surface area contributed by atoms with Gasteiger partial charge in [-0.05, 0) is 43.5 Å². The number of hydrogen-bond acceptors (Lipinski definition) is 4. The van der Waals surface area contributed by atoms with E-state index in [1.54, 1.807) is 24.3 Å². The van der Waals surface area contributed by atoms with Crippen molar-refractivity contribution in [3.8, 4) is 0 Å². The van der Waals surface area contributed by atoms with Gasteiger partial charge >= 0.3 is 0 Å². The van der Waals surface area contributed by atoms with Crippen molar-refractivity contribution in [3.05, 3.63) is 29.8 Å². The standard InChI is InChI=1S/C17H26N4O2S/c18-11-10-14-6-8-16(9-7-14)24(22,23)21-13-12-20(17(21)19)15-4-2-1-3-5-15/h6-9,15,19H,1-5,10-13,18H2. The predicted molar refractivity (Wildman–Crippen MR) is 94.4 cm³/mol. The fraction of sp³-hybridized carbons (Fsp3) is 0.588. The number of nitrogens with one attached hydrogen (secondary N) is 1. The van der Waals surface area contributed by atoms with Crippen molar-refractivity contribution in [1.82, 2.24) is 9.21 Å². The Bertz CT molecular complexity index is 681. The minimum absolute atomic E-state index is 0.132. The third kappa shape index (κ3) is 3.28. The number of hydrogen-bond donors (Lipinski definition) is 2. The summed E-state index contributed by atoms with van der Waals surface area (Å²) >= 11 is 0. The first kappa shape index (κ1) is 17.2. The molecule has 3 rings (SSSR count). The maximum Gasteiger partial charge on any atom is 0.266 e. The van der Waals surface area contributed by atoms with Gasteiger partial charge in [-0.2, -0.15) is 0 Å². The quantitative estimate of drug-likeness (QED) is 0.847. The molecule has 1 aliphatic carbocycles. The van der Waals surface area contributed by atoms with Gasteiger partial charge < -0.3 is 10.6 Å². The van der Waals surface area contributed by atoms with E-state index >= 15 is 0 Å². The topological polar surface area (TPSA) is 90.5 Å². The first-order chi connectivity index (χ1) is 11.5. The average Bonchev–Trinajstić information content (AvgIpc) is 2.99. The third-order valence-corrected chi connectivity index (χ3v) is 6.82. The van der Waals surface area contributed by atoms with Crippen molar-refractivity contribution >= 4 is 16.0 Å². The summed E-state index contributed by atoms with van der Waals surface area (Å²) in [5, 5.41) is 8.37. The van der Waals surface area contributed by atoms with Crippen LogP contribution >= 0.6 is 0 Å². The van der Waals surface area contributed by atoms with E-state index < -0.39 is 10.0 Å². The second kappa shape index (κ2) is 7.11. The molecule has 7 heteroatoms. The molecule has 1 saturated carbocycles. The van der Waals surface area contributed by atoms with E-state index in [0.29, 0.717) is 25.7 Å². The van der Waals surface area contributed by atoms with Crippen LogP contribution in [0.4, 0.5) is 0 Å². The molecule has 0 aromatic heterocycles. The summed E-state index contributed by atoms with van der Waals surface area (Å²) in [6.07, 6.45) is 6.44. The second-order valence-corrected chi connectivity index (χ2v) is 8.43. The van der Waals surface area contributed by atoms with E-state index in [-0.39, 0.29) is 10.9 Å². The van der Waals surface area contributed by atoms with Crippen molar-refractivity contribution < 1.29 is 8.42 Å². The molecule has 2 fully saturated rings. The monoisotopic (exact) mass is 350 g/mol. The largest absolute Gasteiger partial charge is 0.337 e. The summed E-state index contributed by atoms with van der Waals surface area (Å²) in [6.45, 7) is 1.52. The van der Waals surface area contributed by atoms with Crippen molar-refractivity contribution in [1.29, 1.82) is 5.41 Å². The Morgan fingerprint density at radius 3 is 2.38 bits per heavy atom. The van der Waals surface area contributed by atoms with Crippen LogP contribution in [-0.4, -0.2) is 49.3 Å². The van der Waals surface area contributed by atoms with Gasteiger partial charge in [0.05, 0.1) is 11.4 Å². The highest BCUT2D eigenvalue weighted by molar-refractivity contribution is 7.89. The van der Waals surface area contributed by atoms with Crippen LogP contribution in [0.1, 0.15) is 37.7 Å². The van der Waals surface area contributed by atoms with Gasteiger partial charge in [0.1, 0.15) is 0 Å². The van der Waals surface area contributed by atoms with E-state index in [9.17, 15) is 8.42 Å². The molecule has 1 aromatic rings. The summed E-state index contributed by atoms with van der Waals surface area (Å²) in [4.78, 5) is 2.22. The van der Waals surface area contributed by atoms with E-state index in [0.717, 1.165) is 24.8 Å². The molecule has 1 aliphatic heterocycles. The number of guanidine groups is 1. The highest BCUT2D eigenvalue weighted by Gasteiger charge is 2.38. The van der Waals surface area contributed by atoms with Gasteiger partial charge in [-0.15, -0.1) is 0 Å². The highest BCUT2D eigenvalue weighted by Crippen LogP contribution is 2.28. The van der Waals surface area contributed by atoms with Crippen molar-refractivity contribution in [2.24, 2.45) is 5.73 Å². The van der Waals surface area contributed by atoms with Gasteiger partial charge in [0, 0.05) is 12.6 Å². The average molecular weight is 350 g/mol. The Hall–Kier alpha value is -1.60. The summed E-state index contributed by atoms with van der Waals surface area (Å²) < 4.78 is 27.0. The molecule has 0 atom stereocenters. The van der Waals surface area contributed by atoms with Crippen LogP contribution in [-0.2, 0) is 16.4 Å². The number of nitrogens with two attached hydrogens (primary N) is 1. The first-order valence-electron chi connectivity index (χ1n) is 8.71. The molecule has 0 spiro atoms. The minimum Gasteiger partial charge on any atom is -0.337 e. The zero-order chi connectivity index (χ0) is 17.2. The minimum atomic E-state index is -3.66. The van der Waals surface area contributed by atoms with Crippen LogP contribution < -0.4 is 5.73 Å². The van der Waals surface area contributed by atoms with Crippen LogP contribution in [0.5, 0.6) is 0 Å². The number of nitrogens with zero attached hydrogens (tertiary/aromatic N) is 2. The Labute approximate surface area is 144 Å². The van der Waals surface area contributed by atoms with Crippen LogP contribution in [0.25, 0.3) is 0 Å². The van der Waals surface area contributed by atoms with E-state index in [1.165, 1.54) is 23.6 Å². The van der Waals surface area contributed by atoms with Crippen LogP contribution in [0, 0.1) is 5.41 Å². The van der Waals surface area contributed by atoms with Crippen LogP contribution in [0.2, 0.25) is 0 Å². The zero-order valence-corrected chi connectivity index (χ0v) is 14.8. The van der Waals surface area contributed by atoms with E-state index in [2.05, 4.69) is 0 Å². The van der Waals surface area contributed by atoms with Crippen molar-refractivity contribution in [2.75, 3.05) is 19.6 Å². The van der Waals surface area contributed by atoms with Crippen LogP contribution in [0.3, 0.4) is 0 Å². The van der Waals surface area contributed by atoms with Gasteiger partial charge in [0.15, 0.2) is 0 Å². The van der Waals surface area contributed by atoms with Gasteiger partial charge in [-0.1, -0.05) is 31.4 Å². The van der Waals surface area contributed by atoms with Crippen molar-refractivity contribution in [2.45, 2.75) is 49.5 Å². The Balaban J connectivity index is 1.76. The van der Waals surface area contributed by atoms with E-state index in [4.69, 9.17) is 11.1 Å². The lowest BCUT2D eigenvalue weighted by Crippen LogP contribution is -2.42. The molecular formula is C17H26N4O2S. The maximum absolute atomic E-state index is 12.9. The lowest BCUT2D eigenvalue weighted by molar-refractivity contribution is 0.260. The summed E-state index contributed by atoms with van der Waals surface area (Å²) in [5.74, 6) is 0.132. The number of sulfonamides is 1. The summed E-state index contributed by atoms with van der Waals surface area (Å²) in [7, 11) is -3.66. The molecule has 0 amide bonds.